The van der Waals surface area contributed by atoms with Gasteiger partial charge in [-0.3, -0.25) is 4.55 Å². The molecule has 0 saturated carbocycles. The number of rotatable bonds is 1. The Morgan fingerprint density at radius 2 is 1.88 bits per heavy atom. The maximum Gasteiger partial charge on any atom is 0.261 e. The fourth-order valence-electron chi connectivity index (χ4n) is 0.856. The highest BCUT2D eigenvalue weighted by molar-refractivity contribution is 7.85. The highest BCUT2D eigenvalue weighted by Gasteiger charge is 1.99. The molecule has 0 spiro atoms. The molecule has 0 atom stereocenters. The van der Waals surface area contributed by atoms with Crippen LogP contribution >= 0.6 is 11.6 Å². The minimum Gasteiger partial charge on any atom is -0.370 e. The molecule has 0 aliphatic carbocycles. The van der Waals surface area contributed by atoms with Crippen LogP contribution in [0.2, 0.25) is 5.02 Å². The Morgan fingerprint density at radius 3 is 2.29 bits per heavy atom. The summed E-state index contributed by atoms with van der Waals surface area (Å²) in [6.07, 6.45) is 0.715. The quantitative estimate of drug-likeness (QED) is 0.403. The SMILES string of the molecule is CS(=O)(=O)O.Cc1c(Cl)cccc1N=C(N)N. The summed E-state index contributed by atoms with van der Waals surface area (Å²) >= 11 is 5.85. The van der Waals surface area contributed by atoms with Crippen LogP contribution in [0.4, 0.5) is 5.69 Å². The molecule has 0 radical (unpaired) electrons. The Bertz CT molecular complexity index is 502. The molecule has 1 rings (SSSR count). The molecule has 0 unspecified atom stereocenters. The van der Waals surface area contributed by atoms with Gasteiger partial charge in [-0.1, -0.05) is 17.7 Å². The minimum atomic E-state index is -3.67. The van der Waals surface area contributed by atoms with Crippen molar-refractivity contribution in [3.63, 3.8) is 0 Å². The van der Waals surface area contributed by atoms with E-state index in [1.807, 2.05) is 6.92 Å². The Labute approximate surface area is 105 Å². The minimum absolute atomic E-state index is 0.0420. The Kier molecular flexibility index (Phi) is 5.94. The normalized spacial score (nSPS) is 10.1. The van der Waals surface area contributed by atoms with Crippen LogP contribution in [0.5, 0.6) is 0 Å². The van der Waals surface area contributed by atoms with Gasteiger partial charge in [-0.25, -0.2) is 4.99 Å². The molecule has 0 amide bonds. The molecule has 0 aliphatic heterocycles. The van der Waals surface area contributed by atoms with Crippen molar-refractivity contribution in [3.8, 4) is 0 Å². The highest BCUT2D eigenvalue weighted by atomic mass is 35.5. The van der Waals surface area contributed by atoms with Gasteiger partial charge in [0.05, 0.1) is 11.9 Å². The average molecular weight is 280 g/mol. The van der Waals surface area contributed by atoms with Gasteiger partial charge in [0.25, 0.3) is 10.1 Å². The van der Waals surface area contributed by atoms with E-state index in [9.17, 15) is 8.42 Å². The monoisotopic (exact) mass is 279 g/mol. The molecule has 0 aromatic heterocycles. The molecule has 5 N–H and O–H groups in total. The predicted molar refractivity (Wildman–Crippen MR) is 69.1 cm³/mol. The van der Waals surface area contributed by atoms with Crippen molar-refractivity contribution in [2.24, 2.45) is 16.5 Å². The van der Waals surface area contributed by atoms with Crippen LogP contribution < -0.4 is 11.5 Å². The lowest BCUT2D eigenvalue weighted by Crippen LogP contribution is -2.22. The number of nitrogens with two attached hydrogens (primary N) is 2. The van der Waals surface area contributed by atoms with Crippen LogP contribution in [-0.4, -0.2) is 25.2 Å². The van der Waals surface area contributed by atoms with E-state index in [2.05, 4.69) is 4.99 Å². The lowest BCUT2D eigenvalue weighted by molar-refractivity contribution is 0.490. The highest BCUT2D eigenvalue weighted by Crippen LogP contribution is 2.24. The van der Waals surface area contributed by atoms with E-state index < -0.39 is 10.1 Å². The molecule has 6 nitrogen and oxygen atoms in total. The molecular weight excluding hydrogens is 266 g/mol. The maximum atomic E-state index is 9.19. The van der Waals surface area contributed by atoms with Crippen LogP contribution in [0.25, 0.3) is 0 Å². The van der Waals surface area contributed by atoms with E-state index >= 15 is 0 Å². The first-order chi connectivity index (χ1) is 7.61. The number of guanidine groups is 1. The Hall–Kier alpha value is -1.31. The molecule has 1 aromatic carbocycles. The predicted octanol–water partition coefficient (Wildman–Crippen LogP) is 1.06. The molecular formula is C9H14ClN3O3S. The standard InChI is InChI=1S/C8H10ClN3.CH4O3S/c1-5-6(9)3-2-4-7(5)12-8(10)11;1-5(2,3)4/h2-4H,1H3,(H4,10,11,12);1H3,(H,2,3,4). The number of aliphatic imine (C=N–C) groups is 1. The number of benzene rings is 1. The summed E-state index contributed by atoms with van der Waals surface area (Å²) in [7, 11) is -3.67. The largest absolute Gasteiger partial charge is 0.370 e. The van der Waals surface area contributed by atoms with Gasteiger partial charge >= 0.3 is 0 Å². The van der Waals surface area contributed by atoms with Crippen LogP contribution in [0.3, 0.4) is 0 Å². The molecule has 0 bridgehead atoms. The van der Waals surface area contributed by atoms with E-state index in [0.29, 0.717) is 17.0 Å². The topological polar surface area (TPSA) is 119 Å². The van der Waals surface area contributed by atoms with Gasteiger partial charge in [0.15, 0.2) is 5.96 Å². The van der Waals surface area contributed by atoms with Crippen LogP contribution in [0.1, 0.15) is 5.56 Å². The van der Waals surface area contributed by atoms with Crippen LogP contribution in [0, 0.1) is 6.92 Å². The molecule has 96 valence electrons. The third-order valence-electron chi connectivity index (χ3n) is 1.49. The molecule has 8 heteroatoms. The van der Waals surface area contributed by atoms with Gasteiger partial charge in [-0.15, -0.1) is 0 Å². The van der Waals surface area contributed by atoms with Crippen molar-refractivity contribution < 1.29 is 13.0 Å². The first kappa shape index (κ1) is 15.7. The molecule has 0 saturated heterocycles. The maximum absolute atomic E-state index is 9.19. The second-order valence-electron chi connectivity index (χ2n) is 3.15. The fraction of sp³-hybridized carbons (Fsp3) is 0.222. The van der Waals surface area contributed by atoms with Gasteiger partial charge in [-0.2, -0.15) is 8.42 Å². The van der Waals surface area contributed by atoms with Gasteiger partial charge in [0.2, 0.25) is 0 Å². The van der Waals surface area contributed by atoms with Gasteiger partial charge < -0.3 is 11.5 Å². The van der Waals surface area contributed by atoms with Gasteiger partial charge in [0, 0.05) is 5.02 Å². The van der Waals surface area contributed by atoms with E-state index in [1.165, 1.54) is 0 Å². The van der Waals surface area contributed by atoms with Crippen LogP contribution in [-0.2, 0) is 10.1 Å². The summed E-state index contributed by atoms with van der Waals surface area (Å²) in [5.74, 6) is 0.0420. The second-order valence-corrected chi connectivity index (χ2v) is 5.03. The summed E-state index contributed by atoms with van der Waals surface area (Å²) in [6.45, 7) is 1.87. The van der Waals surface area contributed by atoms with Crippen molar-refractivity contribution in [1.29, 1.82) is 0 Å². The third-order valence-corrected chi connectivity index (χ3v) is 1.90. The molecule has 0 fully saturated rings. The summed E-state index contributed by atoms with van der Waals surface area (Å²) in [5.41, 5.74) is 12.0. The lowest BCUT2D eigenvalue weighted by Gasteiger charge is -2.01. The van der Waals surface area contributed by atoms with E-state index in [0.717, 1.165) is 5.56 Å². The van der Waals surface area contributed by atoms with Crippen molar-refractivity contribution in [2.75, 3.05) is 6.26 Å². The molecule has 0 heterocycles. The third kappa shape index (κ3) is 8.49. The first-order valence-corrected chi connectivity index (χ1v) is 6.61. The number of hydrogen-bond acceptors (Lipinski definition) is 3. The Morgan fingerprint density at radius 1 is 1.41 bits per heavy atom. The van der Waals surface area contributed by atoms with Crippen molar-refractivity contribution >= 4 is 33.4 Å². The molecule has 1 aromatic rings. The zero-order valence-corrected chi connectivity index (χ0v) is 11.0. The summed E-state index contributed by atoms with van der Waals surface area (Å²) < 4.78 is 25.9. The zero-order valence-electron chi connectivity index (χ0n) is 9.38. The first-order valence-electron chi connectivity index (χ1n) is 4.38. The van der Waals surface area contributed by atoms with Crippen LogP contribution in [0.15, 0.2) is 23.2 Å². The summed E-state index contributed by atoms with van der Waals surface area (Å²) in [4.78, 5) is 3.91. The van der Waals surface area contributed by atoms with Crippen molar-refractivity contribution in [3.05, 3.63) is 28.8 Å². The summed E-state index contributed by atoms with van der Waals surface area (Å²) in [5, 5.41) is 0.664. The van der Waals surface area contributed by atoms with Crippen molar-refractivity contribution in [1.82, 2.24) is 0 Å². The molecule has 0 aliphatic rings. The van der Waals surface area contributed by atoms with Crippen molar-refractivity contribution in [2.45, 2.75) is 6.92 Å². The van der Waals surface area contributed by atoms with Gasteiger partial charge in [0.1, 0.15) is 0 Å². The molecule has 17 heavy (non-hydrogen) atoms. The average Bonchev–Trinajstić information content (AvgIpc) is 2.09. The summed E-state index contributed by atoms with van der Waals surface area (Å²) in [6, 6.07) is 5.40. The smallest absolute Gasteiger partial charge is 0.261 e. The fourth-order valence-corrected chi connectivity index (χ4v) is 1.03. The zero-order chi connectivity index (χ0) is 13.6. The van der Waals surface area contributed by atoms with Gasteiger partial charge in [-0.05, 0) is 24.6 Å². The Balaban J connectivity index is 0.000000437. The van der Waals surface area contributed by atoms with E-state index in [1.54, 1.807) is 18.2 Å². The number of hydrogen-bond donors (Lipinski definition) is 3. The van der Waals surface area contributed by atoms with E-state index in [4.69, 9.17) is 27.6 Å². The number of halogens is 1. The second kappa shape index (κ2) is 6.43. The lowest BCUT2D eigenvalue weighted by atomic mass is 10.2. The van der Waals surface area contributed by atoms with E-state index in [-0.39, 0.29) is 5.96 Å². The number of nitrogens with zero attached hydrogens (tertiary/aromatic N) is 1.